The highest BCUT2D eigenvalue weighted by molar-refractivity contribution is 5.89. The van der Waals surface area contributed by atoms with E-state index < -0.39 is 23.3 Å². The lowest BCUT2D eigenvalue weighted by atomic mass is 9.72. The topological polar surface area (TPSA) is 71.3 Å². The Balaban J connectivity index is 1.18. The van der Waals surface area contributed by atoms with E-state index in [-0.39, 0.29) is 11.3 Å². The summed E-state index contributed by atoms with van der Waals surface area (Å²) in [5.41, 5.74) is -0.792. The number of carbonyl (C=O) groups is 2. The molecule has 2 saturated heterocycles. The fraction of sp³-hybridized carbons (Fsp3) is 0.750. The van der Waals surface area contributed by atoms with Crippen molar-refractivity contribution in [3.63, 3.8) is 0 Å². The molecule has 0 aromatic carbocycles. The van der Waals surface area contributed by atoms with Gasteiger partial charge in [0.1, 0.15) is 18.2 Å². The van der Waals surface area contributed by atoms with Gasteiger partial charge in [-0.05, 0) is 25.7 Å². The third-order valence-electron chi connectivity index (χ3n) is 6.03. The van der Waals surface area contributed by atoms with E-state index >= 15 is 0 Å². The van der Waals surface area contributed by atoms with Crippen LogP contribution >= 0.6 is 0 Å². The van der Waals surface area contributed by atoms with Crippen LogP contribution in [0.4, 0.5) is 8.78 Å². The fourth-order valence-electron chi connectivity index (χ4n) is 4.23. The standard InChI is InChI=1S/C16H19F2N5O2/c17-16(18,11-1-2-11)13(25)22-7-14(8-22)5-21(6-14)12(24)15(3-4-15)23-10-19-9-20-23/h9-11H,1-8H2. The summed E-state index contributed by atoms with van der Waals surface area (Å²) in [4.78, 5) is 31.6. The Labute approximate surface area is 143 Å². The third-order valence-corrected chi connectivity index (χ3v) is 6.03. The molecule has 25 heavy (non-hydrogen) atoms. The molecule has 3 heterocycles. The average Bonchev–Trinajstić information content (AvgIpc) is 3.43. The molecule has 0 bridgehead atoms. The predicted molar refractivity (Wildman–Crippen MR) is 80.5 cm³/mol. The molecule has 5 rings (SSSR count). The zero-order valence-electron chi connectivity index (χ0n) is 13.7. The first-order valence-corrected chi connectivity index (χ1v) is 8.68. The van der Waals surface area contributed by atoms with Gasteiger partial charge in [0.05, 0.1) is 0 Å². The van der Waals surface area contributed by atoms with E-state index in [0.29, 0.717) is 39.0 Å². The molecule has 0 radical (unpaired) electrons. The average molecular weight is 351 g/mol. The number of aromatic nitrogens is 3. The van der Waals surface area contributed by atoms with Crippen LogP contribution < -0.4 is 0 Å². The number of nitrogens with zero attached hydrogens (tertiary/aromatic N) is 5. The lowest BCUT2D eigenvalue weighted by Crippen LogP contribution is -2.75. The monoisotopic (exact) mass is 351 g/mol. The van der Waals surface area contributed by atoms with Gasteiger partial charge < -0.3 is 9.80 Å². The Kier molecular flexibility index (Phi) is 2.77. The predicted octanol–water partition coefficient (Wildman–Crippen LogP) is 0.483. The highest BCUT2D eigenvalue weighted by atomic mass is 19.3. The molecule has 4 fully saturated rings. The molecule has 0 atom stereocenters. The van der Waals surface area contributed by atoms with Crippen molar-refractivity contribution in [1.29, 1.82) is 0 Å². The molecule has 0 N–H and O–H groups in total. The van der Waals surface area contributed by atoms with Gasteiger partial charge in [-0.25, -0.2) is 9.67 Å². The van der Waals surface area contributed by atoms with Gasteiger partial charge >= 0.3 is 5.92 Å². The Morgan fingerprint density at radius 2 is 1.72 bits per heavy atom. The maximum absolute atomic E-state index is 13.9. The van der Waals surface area contributed by atoms with Crippen molar-refractivity contribution in [2.75, 3.05) is 26.2 Å². The van der Waals surface area contributed by atoms with Gasteiger partial charge in [-0.3, -0.25) is 9.59 Å². The molecule has 9 heteroatoms. The van der Waals surface area contributed by atoms with Crippen molar-refractivity contribution in [3.8, 4) is 0 Å². The smallest absolute Gasteiger partial charge is 0.327 e. The van der Waals surface area contributed by atoms with Crippen LogP contribution in [-0.4, -0.2) is 68.5 Å². The van der Waals surface area contributed by atoms with Gasteiger partial charge in [0.15, 0.2) is 0 Å². The maximum atomic E-state index is 13.9. The van der Waals surface area contributed by atoms with Crippen molar-refractivity contribution >= 4 is 11.8 Å². The van der Waals surface area contributed by atoms with Crippen LogP contribution in [0.5, 0.6) is 0 Å². The molecule has 4 aliphatic rings. The molecule has 2 saturated carbocycles. The number of carbonyl (C=O) groups excluding carboxylic acids is 2. The first-order chi connectivity index (χ1) is 11.9. The van der Waals surface area contributed by atoms with Gasteiger partial charge in [-0.2, -0.15) is 13.9 Å². The number of hydrogen-bond donors (Lipinski definition) is 0. The lowest BCUT2D eigenvalue weighted by Gasteiger charge is -2.60. The second-order valence-electron chi connectivity index (χ2n) is 8.09. The van der Waals surface area contributed by atoms with Crippen LogP contribution in [0.2, 0.25) is 0 Å². The van der Waals surface area contributed by atoms with Crippen LogP contribution in [0.15, 0.2) is 12.7 Å². The maximum Gasteiger partial charge on any atom is 0.327 e. The Hall–Kier alpha value is -2.06. The van der Waals surface area contributed by atoms with Crippen LogP contribution in [0.25, 0.3) is 0 Å². The Morgan fingerprint density at radius 1 is 1.08 bits per heavy atom. The fourth-order valence-corrected chi connectivity index (χ4v) is 4.23. The lowest BCUT2D eigenvalue weighted by molar-refractivity contribution is -0.188. The van der Waals surface area contributed by atoms with Crippen molar-refractivity contribution in [1.82, 2.24) is 24.6 Å². The molecule has 7 nitrogen and oxygen atoms in total. The zero-order chi connectivity index (χ0) is 17.4. The first kappa shape index (κ1) is 15.2. The summed E-state index contributed by atoms with van der Waals surface area (Å²) < 4.78 is 29.4. The molecule has 2 aliphatic carbocycles. The second-order valence-corrected chi connectivity index (χ2v) is 8.09. The molecule has 1 spiro atoms. The molecular weight excluding hydrogens is 332 g/mol. The van der Waals surface area contributed by atoms with E-state index in [1.807, 2.05) is 0 Å². The van der Waals surface area contributed by atoms with Crippen molar-refractivity contribution in [2.24, 2.45) is 11.3 Å². The van der Waals surface area contributed by atoms with E-state index in [2.05, 4.69) is 10.1 Å². The largest absolute Gasteiger partial charge is 0.339 e. The molecule has 0 unspecified atom stereocenters. The summed E-state index contributed by atoms with van der Waals surface area (Å²) >= 11 is 0. The third kappa shape index (κ3) is 2.07. The van der Waals surface area contributed by atoms with E-state index in [9.17, 15) is 18.4 Å². The van der Waals surface area contributed by atoms with E-state index in [0.717, 1.165) is 12.8 Å². The molecule has 1 aromatic heterocycles. The number of rotatable bonds is 4. The number of hydrogen-bond acceptors (Lipinski definition) is 4. The zero-order valence-corrected chi connectivity index (χ0v) is 13.7. The number of alkyl halides is 2. The van der Waals surface area contributed by atoms with Gasteiger partial charge in [-0.1, -0.05) is 0 Å². The van der Waals surface area contributed by atoms with Crippen molar-refractivity contribution in [3.05, 3.63) is 12.7 Å². The van der Waals surface area contributed by atoms with E-state index in [1.54, 1.807) is 15.9 Å². The van der Waals surface area contributed by atoms with E-state index in [4.69, 9.17) is 0 Å². The number of amides is 2. The summed E-state index contributed by atoms with van der Waals surface area (Å²) in [6, 6.07) is 0. The normalized spacial score (nSPS) is 26.2. The molecule has 2 amide bonds. The summed E-state index contributed by atoms with van der Waals surface area (Å²) in [7, 11) is 0. The Bertz CT molecular complexity index is 728. The quantitative estimate of drug-likeness (QED) is 0.791. The number of likely N-dealkylation sites (tertiary alicyclic amines) is 2. The van der Waals surface area contributed by atoms with Crippen LogP contribution in [0.3, 0.4) is 0 Å². The minimum Gasteiger partial charge on any atom is -0.339 e. The summed E-state index contributed by atoms with van der Waals surface area (Å²) in [6.07, 6.45) is 5.34. The first-order valence-electron chi connectivity index (χ1n) is 8.68. The molecule has 1 aromatic rings. The van der Waals surface area contributed by atoms with Gasteiger partial charge in [-0.15, -0.1) is 0 Å². The summed E-state index contributed by atoms with van der Waals surface area (Å²) in [5.74, 6) is -5.00. The van der Waals surface area contributed by atoms with E-state index in [1.165, 1.54) is 11.2 Å². The summed E-state index contributed by atoms with van der Waals surface area (Å²) in [5, 5.41) is 4.09. The number of halogens is 2. The molecular formula is C16H19F2N5O2. The minimum absolute atomic E-state index is 0.0247. The van der Waals surface area contributed by atoms with Gasteiger partial charge in [0.25, 0.3) is 11.8 Å². The molecule has 134 valence electrons. The molecule has 2 aliphatic heterocycles. The van der Waals surface area contributed by atoms with Crippen molar-refractivity contribution < 1.29 is 18.4 Å². The van der Waals surface area contributed by atoms with Crippen molar-refractivity contribution in [2.45, 2.75) is 37.1 Å². The van der Waals surface area contributed by atoms with Crippen LogP contribution in [0, 0.1) is 11.3 Å². The highest BCUT2D eigenvalue weighted by Gasteiger charge is 2.63. The van der Waals surface area contributed by atoms with Gasteiger partial charge in [0.2, 0.25) is 0 Å². The minimum atomic E-state index is -3.22. The highest BCUT2D eigenvalue weighted by Crippen LogP contribution is 2.50. The second kappa shape index (κ2) is 4.56. The van der Waals surface area contributed by atoms with Crippen LogP contribution in [-0.2, 0) is 15.1 Å². The SMILES string of the molecule is O=C(N1CC2(C1)CN(C(=O)C1(n3cncn3)CC1)C2)C(F)(F)C1CC1. The van der Waals surface area contributed by atoms with Gasteiger partial charge in [0, 0.05) is 37.5 Å². The summed E-state index contributed by atoms with van der Waals surface area (Å²) in [6.45, 7) is 1.71. The van der Waals surface area contributed by atoms with Crippen LogP contribution in [0.1, 0.15) is 25.7 Å². The Morgan fingerprint density at radius 3 is 2.24 bits per heavy atom.